The number of nitrogens with one attached hydrogen (secondary N) is 1. The van der Waals surface area contributed by atoms with Crippen molar-refractivity contribution in [2.75, 3.05) is 19.6 Å². The highest BCUT2D eigenvalue weighted by molar-refractivity contribution is 4.96. The van der Waals surface area contributed by atoms with E-state index in [0.717, 1.165) is 23.9 Å². The van der Waals surface area contributed by atoms with Crippen LogP contribution < -0.4 is 5.32 Å². The second-order valence-electron chi connectivity index (χ2n) is 6.21. The molecule has 0 bridgehead atoms. The maximum Gasteiger partial charge on any atom is 0.0226 e. The van der Waals surface area contributed by atoms with Crippen molar-refractivity contribution in [2.24, 2.45) is 11.8 Å². The average Bonchev–Trinajstić information content (AvgIpc) is 2.86. The molecule has 0 amide bonds. The molecule has 0 aromatic carbocycles. The van der Waals surface area contributed by atoms with Crippen molar-refractivity contribution >= 4 is 0 Å². The minimum atomic E-state index is 0.813. The van der Waals surface area contributed by atoms with Crippen LogP contribution in [0.3, 0.4) is 0 Å². The van der Waals surface area contributed by atoms with Gasteiger partial charge in [0.05, 0.1) is 0 Å². The molecule has 0 aromatic heterocycles. The Morgan fingerprint density at radius 3 is 2.94 bits per heavy atom. The van der Waals surface area contributed by atoms with Crippen LogP contribution in [0.15, 0.2) is 0 Å². The van der Waals surface area contributed by atoms with Crippen LogP contribution in [0.25, 0.3) is 0 Å². The van der Waals surface area contributed by atoms with Gasteiger partial charge in [0.25, 0.3) is 0 Å². The molecule has 2 saturated heterocycles. The number of piperidine rings is 1. The summed E-state index contributed by atoms with van der Waals surface area (Å²) in [5.41, 5.74) is 0. The lowest BCUT2D eigenvalue weighted by atomic mass is 9.92. The van der Waals surface area contributed by atoms with Crippen LogP contribution in [0.4, 0.5) is 0 Å². The fourth-order valence-corrected chi connectivity index (χ4v) is 4.18. The molecule has 1 N–H and O–H groups in total. The highest BCUT2D eigenvalue weighted by Crippen LogP contribution is 2.38. The molecule has 2 nitrogen and oxygen atoms in total. The summed E-state index contributed by atoms with van der Waals surface area (Å²) in [5, 5.41) is 3.78. The molecule has 92 valence electrons. The van der Waals surface area contributed by atoms with Gasteiger partial charge in [0, 0.05) is 18.6 Å². The van der Waals surface area contributed by atoms with Gasteiger partial charge >= 0.3 is 0 Å². The molecule has 3 rings (SSSR count). The molecule has 2 aliphatic heterocycles. The first-order valence-electron chi connectivity index (χ1n) is 7.32. The molecule has 0 radical (unpaired) electrons. The monoisotopic (exact) mass is 222 g/mol. The average molecular weight is 222 g/mol. The molecule has 4 atom stereocenters. The third-order valence-corrected chi connectivity index (χ3v) is 5.25. The van der Waals surface area contributed by atoms with Crippen molar-refractivity contribution in [3.8, 4) is 0 Å². The fourth-order valence-electron chi connectivity index (χ4n) is 4.18. The van der Waals surface area contributed by atoms with Crippen LogP contribution in [0.2, 0.25) is 0 Å². The summed E-state index contributed by atoms with van der Waals surface area (Å²) < 4.78 is 0. The van der Waals surface area contributed by atoms with E-state index >= 15 is 0 Å². The van der Waals surface area contributed by atoms with Crippen molar-refractivity contribution in [3.63, 3.8) is 0 Å². The van der Waals surface area contributed by atoms with E-state index in [-0.39, 0.29) is 0 Å². The highest BCUT2D eigenvalue weighted by Gasteiger charge is 2.39. The number of nitrogens with zero attached hydrogens (tertiary/aromatic N) is 1. The van der Waals surface area contributed by atoms with Gasteiger partial charge in [-0.15, -0.1) is 0 Å². The van der Waals surface area contributed by atoms with E-state index in [0.29, 0.717) is 0 Å². The summed E-state index contributed by atoms with van der Waals surface area (Å²) in [6.07, 6.45) is 8.76. The molecule has 0 aromatic rings. The Balaban J connectivity index is 1.57. The van der Waals surface area contributed by atoms with Crippen molar-refractivity contribution in [2.45, 2.75) is 57.5 Å². The summed E-state index contributed by atoms with van der Waals surface area (Å²) >= 11 is 0. The van der Waals surface area contributed by atoms with Crippen LogP contribution in [0.1, 0.15) is 45.4 Å². The van der Waals surface area contributed by atoms with E-state index in [1.807, 2.05) is 0 Å². The van der Waals surface area contributed by atoms with Crippen LogP contribution >= 0.6 is 0 Å². The molecular weight excluding hydrogens is 196 g/mol. The first-order valence-corrected chi connectivity index (χ1v) is 7.32. The molecule has 4 unspecified atom stereocenters. The standard InChI is InChI=1S/C14H26N2/c1-11-5-2-3-8-16(11)10-14-13-7-4-6-12(13)9-15-14/h11-15H,2-10H2,1H3. The van der Waals surface area contributed by atoms with Gasteiger partial charge in [-0.1, -0.05) is 12.8 Å². The number of likely N-dealkylation sites (tertiary alicyclic amines) is 1. The zero-order valence-electron chi connectivity index (χ0n) is 10.6. The molecule has 3 fully saturated rings. The Morgan fingerprint density at radius 2 is 2.06 bits per heavy atom. The Kier molecular flexibility index (Phi) is 3.21. The lowest BCUT2D eigenvalue weighted by Gasteiger charge is -2.36. The van der Waals surface area contributed by atoms with E-state index in [9.17, 15) is 0 Å². The predicted molar refractivity (Wildman–Crippen MR) is 67.5 cm³/mol. The van der Waals surface area contributed by atoms with Crippen LogP contribution in [-0.2, 0) is 0 Å². The minimum absolute atomic E-state index is 0.813. The summed E-state index contributed by atoms with van der Waals surface area (Å²) in [6.45, 7) is 6.39. The lowest BCUT2D eigenvalue weighted by molar-refractivity contribution is 0.137. The molecule has 16 heavy (non-hydrogen) atoms. The van der Waals surface area contributed by atoms with E-state index in [1.54, 1.807) is 0 Å². The van der Waals surface area contributed by atoms with Gasteiger partial charge in [0.15, 0.2) is 0 Å². The maximum atomic E-state index is 3.78. The first-order chi connectivity index (χ1) is 7.84. The largest absolute Gasteiger partial charge is 0.312 e. The van der Waals surface area contributed by atoms with Gasteiger partial charge in [-0.3, -0.25) is 4.90 Å². The summed E-state index contributed by atoms with van der Waals surface area (Å²) in [4.78, 5) is 2.74. The van der Waals surface area contributed by atoms with Crippen LogP contribution in [0, 0.1) is 11.8 Å². The lowest BCUT2D eigenvalue weighted by Crippen LogP contribution is -2.46. The van der Waals surface area contributed by atoms with Gasteiger partial charge in [-0.05, 0) is 57.5 Å². The Morgan fingerprint density at radius 1 is 1.12 bits per heavy atom. The Labute approximate surface area is 99.8 Å². The second-order valence-corrected chi connectivity index (χ2v) is 6.21. The quantitative estimate of drug-likeness (QED) is 0.771. The van der Waals surface area contributed by atoms with E-state index in [1.165, 1.54) is 58.2 Å². The van der Waals surface area contributed by atoms with Gasteiger partial charge in [-0.25, -0.2) is 0 Å². The number of hydrogen-bond acceptors (Lipinski definition) is 2. The van der Waals surface area contributed by atoms with Gasteiger partial charge in [0.2, 0.25) is 0 Å². The van der Waals surface area contributed by atoms with Gasteiger partial charge < -0.3 is 5.32 Å². The highest BCUT2D eigenvalue weighted by atomic mass is 15.2. The summed E-state index contributed by atoms with van der Waals surface area (Å²) in [6, 6.07) is 1.64. The molecule has 1 saturated carbocycles. The molecule has 3 aliphatic rings. The third-order valence-electron chi connectivity index (χ3n) is 5.25. The Hall–Kier alpha value is -0.0800. The van der Waals surface area contributed by atoms with Crippen LogP contribution in [0.5, 0.6) is 0 Å². The molecular formula is C14H26N2. The molecule has 2 heterocycles. The minimum Gasteiger partial charge on any atom is -0.312 e. The van der Waals surface area contributed by atoms with E-state index in [4.69, 9.17) is 0 Å². The second kappa shape index (κ2) is 4.66. The summed E-state index contributed by atoms with van der Waals surface area (Å²) in [5.74, 6) is 2.03. The number of hydrogen-bond donors (Lipinski definition) is 1. The molecule has 0 spiro atoms. The SMILES string of the molecule is CC1CCCCN1CC1NCC2CCCC21. The van der Waals surface area contributed by atoms with Crippen molar-refractivity contribution in [3.05, 3.63) is 0 Å². The van der Waals surface area contributed by atoms with Crippen molar-refractivity contribution in [1.29, 1.82) is 0 Å². The van der Waals surface area contributed by atoms with Gasteiger partial charge in [0.1, 0.15) is 0 Å². The molecule has 2 heteroatoms. The third kappa shape index (κ3) is 2.02. The zero-order chi connectivity index (χ0) is 11.0. The van der Waals surface area contributed by atoms with Crippen molar-refractivity contribution < 1.29 is 0 Å². The van der Waals surface area contributed by atoms with Crippen LogP contribution in [-0.4, -0.2) is 36.6 Å². The van der Waals surface area contributed by atoms with Crippen molar-refractivity contribution in [1.82, 2.24) is 10.2 Å². The number of fused-ring (bicyclic) bond motifs is 1. The normalized spacial score (nSPS) is 44.8. The first kappa shape index (κ1) is 11.0. The zero-order valence-corrected chi connectivity index (χ0v) is 10.6. The molecule has 1 aliphatic carbocycles. The maximum absolute atomic E-state index is 3.78. The summed E-state index contributed by atoms with van der Waals surface area (Å²) in [7, 11) is 0. The van der Waals surface area contributed by atoms with E-state index in [2.05, 4.69) is 17.1 Å². The fraction of sp³-hybridized carbons (Fsp3) is 1.00. The topological polar surface area (TPSA) is 15.3 Å². The van der Waals surface area contributed by atoms with E-state index < -0.39 is 0 Å². The Bertz CT molecular complexity index is 241. The smallest absolute Gasteiger partial charge is 0.0226 e. The number of rotatable bonds is 2. The predicted octanol–water partition coefficient (Wildman–Crippen LogP) is 2.25. The van der Waals surface area contributed by atoms with Gasteiger partial charge in [-0.2, -0.15) is 0 Å².